The number of likely N-dealkylation sites (tertiary alicyclic amines) is 1. The fourth-order valence-corrected chi connectivity index (χ4v) is 3.70. The predicted octanol–water partition coefficient (Wildman–Crippen LogP) is 4.17. The van der Waals surface area contributed by atoms with Gasteiger partial charge in [-0.3, -0.25) is 4.90 Å². The highest BCUT2D eigenvalue weighted by Gasteiger charge is 2.37. The van der Waals surface area contributed by atoms with Gasteiger partial charge in [0, 0.05) is 11.1 Å². The maximum Gasteiger partial charge on any atom is 0.0564 e. The molecule has 1 aromatic rings. The minimum atomic E-state index is -0.281. The van der Waals surface area contributed by atoms with Crippen LogP contribution < -0.4 is 5.73 Å². The molecule has 0 aromatic heterocycles. The molecule has 0 amide bonds. The summed E-state index contributed by atoms with van der Waals surface area (Å²) in [5.74, 6) is 0. The molecule has 0 saturated carbocycles. The van der Waals surface area contributed by atoms with Crippen LogP contribution in [0.2, 0.25) is 5.02 Å². The van der Waals surface area contributed by atoms with Gasteiger partial charge in [0.25, 0.3) is 0 Å². The summed E-state index contributed by atoms with van der Waals surface area (Å²) in [7, 11) is 0. The number of hydrogen-bond donors (Lipinski definition) is 1. The Morgan fingerprint density at radius 2 is 1.75 bits per heavy atom. The quantitative estimate of drug-likeness (QED) is 0.883. The Labute approximate surface area is 128 Å². The van der Waals surface area contributed by atoms with E-state index in [0.717, 1.165) is 17.9 Å². The van der Waals surface area contributed by atoms with Crippen LogP contribution in [-0.2, 0) is 5.54 Å². The first-order valence-corrected chi connectivity index (χ1v) is 8.28. The van der Waals surface area contributed by atoms with E-state index in [9.17, 15) is 0 Å². The van der Waals surface area contributed by atoms with Crippen LogP contribution in [0, 0.1) is 0 Å². The molecule has 1 aliphatic heterocycles. The number of rotatable bonds is 5. The van der Waals surface area contributed by atoms with Crippen LogP contribution in [0.1, 0.15) is 51.5 Å². The third kappa shape index (κ3) is 3.19. The monoisotopic (exact) mass is 294 g/mol. The molecule has 1 saturated heterocycles. The zero-order valence-electron chi connectivity index (χ0n) is 12.7. The Kier molecular flexibility index (Phi) is 5.48. The lowest BCUT2D eigenvalue weighted by Gasteiger charge is -2.45. The van der Waals surface area contributed by atoms with Crippen molar-refractivity contribution in [1.82, 2.24) is 4.90 Å². The Hall–Kier alpha value is -0.570. The van der Waals surface area contributed by atoms with Gasteiger partial charge in [-0.2, -0.15) is 0 Å². The van der Waals surface area contributed by atoms with E-state index >= 15 is 0 Å². The van der Waals surface area contributed by atoms with Crippen molar-refractivity contribution in [3.05, 3.63) is 34.9 Å². The molecule has 2 rings (SSSR count). The number of nitrogens with zero attached hydrogens (tertiary/aromatic N) is 1. The third-order valence-corrected chi connectivity index (χ3v) is 5.03. The van der Waals surface area contributed by atoms with Gasteiger partial charge in [0.05, 0.1) is 5.54 Å². The van der Waals surface area contributed by atoms with E-state index in [-0.39, 0.29) is 5.54 Å². The van der Waals surface area contributed by atoms with E-state index in [4.69, 9.17) is 17.3 Å². The molecule has 1 aliphatic rings. The van der Waals surface area contributed by atoms with Crippen molar-refractivity contribution in [2.45, 2.75) is 57.5 Å². The molecule has 0 bridgehead atoms. The molecule has 112 valence electrons. The second kappa shape index (κ2) is 6.93. The average molecular weight is 295 g/mol. The molecule has 0 aliphatic carbocycles. The topological polar surface area (TPSA) is 29.3 Å². The number of halogens is 1. The first-order valence-electron chi connectivity index (χ1n) is 7.90. The van der Waals surface area contributed by atoms with Gasteiger partial charge in [-0.05, 0) is 56.5 Å². The van der Waals surface area contributed by atoms with Crippen LogP contribution in [-0.4, -0.2) is 24.0 Å². The second-order valence-electron chi connectivity index (χ2n) is 5.92. The molecule has 2 unspecified atom stereocenters. The van der Waals surface area contributed by atoms with Gasteiger partial charge in [0.15, 0.2) is 0 Å². The Morgan fingerprint density at radius 1 is 1.15 bits per heavy atom. The fraction of sp³-hybridized carbons (Fsp3) is 0.647. The summed E-state index contributed by atoms with van der Waals surface area (Å²) in [5.41, 5.74) is 7.80. The SMILES string of the molecule is CCC(N1CCCCC1)C(N)(CC)c1ccc(Cl)cc1. The highest BCUT2D eigenvalue weighted by Crippen LogP contribution is 2.33. The van der Waals surface area contributed by atoms with Crippen LogP contribution in [0.25, 0.3) is 0 Å². The lowest BCUT2D eigenvalue weighted by Crippen LogP contribution is -2.56. The third-order valence-electron chi connectivity index (χ3n) is 4.78. The van der Waals surface area contributed by atoms with Crippen LogP contribution in [0.15, 0.2) is 24.3 Å². The van der Waals surface area contributed by atoms with Crippen molar-refractivity contribution >= 4 is 11.6 Å². The van der Waals surface area contributed by atoms with E-state index < -0.39 is 0 Å². The van der Waals surface area contributed by atoms with Gasteiger partial charge < -0.3 is 5.73 Å². The molecular formula is C17H27ClN2. The smallest absolute Gasteiger partial charge is 0.0564 e. The van der Waals surface area contributed by atoms with E-state index in [1.165, 1.54) is 37.9 Å². The lowest BCUT2D eigenvalue weighted by molar-refractivity contribution is 0.0899. The normalized spacial score (nSPS) is 21.4. The van der Waals surface area contributed by atoms with Crippen LogP contribution in [0.3, 0.4) is 0 Å². The highest BCUT2D eigenvalue weighted by molar-refractivity contribution is 6.30. The Balaban J connectivity index is 2.28. The maximum absolute atomic E-state index is 6.87. The predicted molar refractivity (Wildman–Crippen MR) is 87.1 cm³/mol. The zero-order chi connectivity index (χ0) is 14.6. The molecule has 1 aromatic carbocycles. The van der Waals surface area contributed by atoms with Crippen LogP contribution >= 0.6 is 11.6 Å². The number of piperidine rings is 1. The standard InChI is InChI=1S/C17H27ClN2/c1-3-16(20-12-6-5-7-13-20)17(19,4-2)14-8-10-15(18)11-9-14/h8-11,16H,3-7,12-13,19H2,1-2H3. The molecule has 1 heterocycles. The first-order chi connectivity index (χ1) is 9.61. The first kappa shape index (κ1) is 15.8. The fourth-order valence-electron chi connectivity index (χ4n) is 3.57. The largest absolute Gasteiger partial charge is 0.320 e. The second-order valence-corrected chi connectivity index (χ2v) is 6.36. The minimum Gasteiger partial charge on any atom is -0.320 e. The van der Waals surface area contributed by atoms with Gasteiger partial charge in [0.1, 0.15) is 0 Å². The summed E-state index contributed by atoms with van der Waals surface area (Å²) in [5, 5.41) is 0.776. The summed E-state index contributed by atoms with van der Waals surface area (Å²) in [4.78, 5) is 2.60. The van der Waals surface area contributed by atoms with Crippen molar-refractivity contribution < 1.29 is 0 Å². The van der Waals surface area contributed by atoms with Crippen molar-refractivity contribution in [3.63, 3.8) is 0 Å². The van der Waals surface area contributed by atoms with E-state index in [0.29, 0.717) is 6.04 Å². The summed E-state index contributed by atoms with van der Waals surface area (Å²) in [6.45, 7) is 6.82. The highest BCUT2D eigenvalue weighted by atomic mass is 35.5. The average Bonchev–Trinajstić information content (AvgIpc) is 2.49. The molecule has 2 atom stereocenters. The van der Waals surface area contributed by atoms with Crippen molar-refractivity contribution in [2.75, 3.05) is 13.1 Å². The van der Waals surface area contributed by atoms with Gasteiger partial charge >= 0.3 is 0 Å². The minimum absolute atomic E-state index is 0.281. The van der Waals surface area contributed by atoms with Crippen LogP contribution in [0.5, 0.6) is 0 Å². The molecule has 3 heteroatoms. The van der Waals surface area contributed by atoms with Crippen molar-refractivity contribution in [2.24, 2.45) is 5.73 Å². The summed E-state index contributed by atoms with van der Waals surface area (Å²) >= 11 is 6.02. The Bertz CT molecular complexity index is 412. The zero-order valence-corrected chi connectivity index (χ0v) is 13.5. The van der Waals surface area contributed by atoms with E-state index in [2.05, 4.69) is 30.9 Å². The van der Waals surface area contributed by atoms with Gasteiger partial charge in [0.2, 0.25) is 0 Å². The molecule has 2 nitrogen and oxygen atoms in total. The molecule has 20 heavy (non-hydrogen) atoms. The van der Waals surface area contributed by atoms with Gasteiger partial charge in [-0.1, -0.05) is 44.0 Å². The summed E-state index contributed by atoms with van der Waals surface area (Å²) in [6, 6.07) is 8.51. The molecule has 0 spiro atoms. The molecule has 2 N–H and O–H groups in total. The van der Waals surface area contributed by atoms with Crippen molar-refractivity contribution in [1.29, 1.82) is 0 Å². The van der Waals surface area contributed by atoms with E-state index in [1.54, 1.807) is 0 Å². The molecule has 0 radical (unpaired) electrons. The lowest BCUT2D eigenvalue weighted by atomic mass is 9.78. The number of hydrogen-bond acceptors (Lipinski definition) is 2. The van der Waals surface area contributed by atoms with E-state index in [1.807, 2.05) is 12.1 Å². The number of benzene rings is 1. The summed E-state index contributed by atoms with van der Waals surface area (Å²) in [6.07, 6.45) is 6.00. The Morgan fingerprint density at radius 3 is 2.25 bits per heavy atom. The molecule has 1 fully saturated rings. The van der Waals surface area contributed by atoms with Gasteiger partial charge in [-0.15, -0.1) is 0 Å². The summed E-state index contributed by atoms with van der Waals surface area (Å²) < 4.78 is 0. The van der Waals surface area contributed by atoms with Gasteiger partial charge in [-0.25, -0.2) is 0 Å². The maximum atomic E-state index is 6.87. The van der Waals surface area contributed by atoms with Crippen molar-refractivity contribution in [3.8, 4) is 0 Å². The van der Waals surface area contributed by atoms with Crippen LogP contribution in [0.4, 0.5) is 0 Å². The number of nitrogens with two attached hydrogens (primary N) is 1. The molecular weight excluding hydrogens is 268 g/mol.